The largest absolute Gasteiger partial charge is 0.307 e. The topological polar surface area (TPSA) is 56.5 Å². The van der Waals surface area contributed by atoms with Crippen LogP contribution in [0.1, 0.15) is 24.2 Å². The van der Waals surface area contributed by atoms with E-state index in [4.69, 9.17) is 19.9 Å². The molecule has 3 aromatic heterocycles. The molecule has 0 radical (unpaired) electrons. The molecule has 8 aromatic carbocycles. The van der Waals surface area contributed by atoms with E-state index in [1.54, 1.807) is 0 Å². The number of para-hydroxylation sites is 3. The first-order chi connectivity index (χ1) is 31.2. The van der Waals surface area contributed by atoms with Gasteiger partial charge in [0.15, 0.2) is 17.5 Å². The Bertz CT molecular complexity index is 3590. The molecule has 5 heteroatoms. The highest BCUT2D eigenvalue weighted by atomic mass is 15.0. The standard InChI is InChI=1S/C58H39N5/c1-4-16-38(17-5-1)40-28-32-42(33-29-40)56-60-57(43-34-30-41(31-35-43)39-18-6-2-7-19-39)62-58(61-56)48-37-36-47(45-22-10-11-23-46(45)48)54-55-53(49-24-12-14-26-51(49)59-54)50-25-13-15-27-52(50)63(55)44-20-8-3-9-21-44/h1-30,32-34,36-37H,31,35H2. The van der Waals surface area contributed by atoms with E-state index in [-0.39, 0.29) is 0 Å². The molecule has 0 amide bonds. The van der Waals surface area contributed by atoms with Gasteiger partial charge in [0, 0.05) is 38.5 Å². The number of benzene rings is 8. The number of allylic oxidation sites excluding steroid dienone is 4. The Morgan fingerprint density at radius 3 is 1.60 bits per heavy atom. The lowest BCUT2D eigenvalue weighted by atomic mass is 9.93. The van der Waals surface area contributed by atoms with E-state index in [1.165, 1.54) is 27.5 Å². The van der Waals surface area contributed by atoms with Gasteiger partial charge in [-0.3, -0.25) is 0 Å². The van der Waals surface area contributed by atoms with E-state index in [1.807, 2.05) is 6.07 Å². The third-order valence-electron chi connectivity index (χ3n) is 12.4. The average Bonchev–Trinajstić information content (AvgIpc) is 3.72. The fraction of sp³-hybridized carbons (Fsp3) is 0.0345. The molecule has 0 bridgehead atoms. The van der Waals surface area contributed by atoms with Gasteiger partial charge in [0.25, 0.3) is 0 Å². The number of fused-ring (bicyclic) bond motifs is 6. The molecule has 0 saturated heterocycles. The van der Waals surface area contributed by atoms with Crippen LogP contribution >= 0.6 is 0 Å². The Morgan fingerprint density at radius 2 is 0.873 bits per heavy atom. The molecule has 5 nitrogen and oxygen atoms in total. The van der Waals surface area contributed by atoms with Crippen molar-refractivity contribution in [3.05, 3.63) is 224 Å². The van der Waals surface area contributed by atoms with E-state index < -0.39 is 0 Å². The van der Waals surface area contributed by atoms with Gasteiger partial charge >= 0.3 is 0 Å². The summed E-state index contributed by atoms with van der Waals surface area (Å²) in [5, 5.41) is 5.65. The van der Waals surface area contributed by atoms with Crippen molar-refractivity contribution >= 4 is 54.6 Å². The fourth-order valence-corrected chi connectivity index (χ4v) is 9.35. The molecular formula is C58H39N5. The van der Waals surface area contributed by atoms with E-state index in [0.717, 1.165) is 84.8 Å². The molecule has 0 fully saturated rings. The third-order valence-corrected chi connectivity index (χ3v) is 12.4. The summed E-state index contributed by atoms with van der Waals surface area (Å²) in [6, 6.07) is 70.5. The van der Waals surface area contributed by atoms with Crippen molar-refractivity contribution in [2.24, 2.45) is 0 Å². The number of hydrogen-bond acceptors (Lipinski definition) is 4. The zero-order valence-corrected chi connectivity index (χ0v) is 34.4. The average molecular weight is 806 g/mol. The summed E-state index contributed by atoms with van der Waals surface area (Å²) < 4.78 is 2.38. The number of aromatic nitrogens is 5. The molecule has 0 spiro atoms. The van der Waals surface area contributed by atoms with Gasteiger partial charge in [-0.1, -0.05) is 182 Å². The molecule has 0 atom stereocenters. The quantitative estimate of drug-likeness (QED) is 0.161. The summed E-state index contributed by atoms with van der Waals surface area (Å²) in [6.07, 6.45) is 6.15. The second-order valence-electron chi connectivity index (χ2n) is 16.1. The van der Waals surface area contributed by atoms with Crippen LogP contribution in [-0.4, -0.2) is 24.5 Å². The third kappa shape index (κ3) is 6.41. The minimum atomic E-state index is 0.638. The molecule has 1 aliphatic carbocycles. The lowest BCUT2D eigenvalue weighted by Gasteiger charge is -2.17. The molecule has 0 saturated carbocycles. The van der Waals surface area contributed by atoms with Crippen molar-refractivity contribution in [2.45, 2.75) is 12.8 Å². The van der Waals surface area contributed by atoms with E-state index in [2.05, 4.69) is 211 Å². The molecule has 63 heavy (non-hydrogen) atoms. The highest BCUT2D eigenvalue weighted by Gasteiger charge is 2.24. The van der Waals surface area contributed by atoms with Gasteiger partial charge < -0.3 is 4.57 Å². The van der Waals surface area contributed by atoms with Gasteiger partial charge in [-0.05, 0) is 81.8 Å². The van der Waals surface area contributed by atoms with Crippen LogP contribution in [0.25, 0.3) is 105 Å². The summed E-state index contributed by atoms with van der Waals surface area (Å²) in [6.45, 7) is 0. The Labute approximate surface area is 365 Å². The monoisotopic (exact) mass is 805 g/mol. The first kappa shape index (κ1) is 36.6. The summed E-state index contributed by atoms with van der Waals surface area (Å²) in [5.74, 6) is 1.98. The number of hydrogen-bond donors (Lipinski definition) is 0. The lowest BCUT2D eigenvalue weighted by molar-refractivity contribution is 0.986. The minimum Gasteiger partial charge on any atom is -0.307 e. The molecule has 0 aliphatic heterocycles. The number of rotatable bonds is 7. The highest BCUT2D eigenvalue weighted by molar-refractivity contribution is 6.24. The van der Waals surface area contributed by atoms with Gasteiger partial charge in [-0.15, -0.1) is 0 Å². The lowest BCUT2D eigenvalue weighted by Crippen LogP contribution is -2.05. The second-order valence-corrected chi connectivity index (χ2v) is 16.1. The van der Waals surface area contributed by atoms with E-state index >= 15 is 0 Å². The number of pyridine rings is 1. The van der Waals surface area contributed by atoms with Gasteiger partial charge in [-0.2, -0.15) is 0 Å². The molecule has 3 heterocycles. The van der Waals surface area contributed by atoms with Crippen LogP contribution in [0.3, 0.4) is 0 Å². The van der Waals surface area contributed by atoms with Crippen LogP contribution in [0.15, 0.2) is 212 Å². The Kier molecular flexibility index (Phi) is 8.89. The van der Waals surface area contributed by atoms with Crippen molar-refractivity contribution in [1.29, 1.82) is 0 Å². The van der Waals surface area contributed by atoms with Crippen LogP contribution in [0.5, 0.6) is 0 Å². The SMILES string of the molecule is C1=C(c2ccccc2)CCC(c2nc(-c3ccc(-c4ccccc4)cc3)nc(-c3ccc(-c4nc5ccccc5c5c6ccccc6n(-c6ccccc6)c45)c4ccccc34)n2)=C1. The Balaban J connectivity index is 1.07. The summed E-state index contributed by atoms with van der Waals surface area (Å²) >= 11 is 0. The Hall–Kier alpha value is -8.28. The molecule has 0 N–H and O–H groups in total. The maximum Gasteiger partial charge on any atom is 0.164 e. The number of nitrogens with zero attached hydrogens (tertiary/aromatic N) is 5. The van der Waals surface area contributed by atoms with Crippen LogP contribution in [-0.2, 0) is 0 Å². The molecule has 1 aliphatic rings. The maximum absolute atomic E-state index is 5.52. The van der Waals surface area contributed by atoms with Crippen molar-refractivity contribution in [1.82, 2.24) is 24.5 Å². The van der Waals surface area contributed by atoms with Crippen molar-refractivity contribution in [3.8, 4) is 50.8 Å². The zero-order chi connectivity index (χ0) is 41.7. The van der Waals surface area contributed by atoms with Gasteiger partial charge in [0.05, 0.1) is 22.2 Å². The van der Waals surface area contributed by atoms with E-state index in [0.29, 0.717) is 17.5 Å². The molecule has 0 unspecified atom stereocenters. The van der Waals surface area contributed by atoms with Gasteiger partial charge in [0.1, 0.15) is 0 Å². The van der Waals surface area contributed by atoms with E-state index in [9.17, 15) is 0 Å². The molecular weight excluding hydrogens is 767 g/mol. The second kappa shape index (κ2) is 15.3. The van der Waals surface area contributed by atoms with Crippen molar-refractivity contribution in [3.63, 3.8) is 0 Å². The summed E-state index contributed by atoms with van der Waals surface area (Å²) in [7, 11) is 0. The zero-order valence-electron chi connectivity index (χ0n) is 34.4. The maximum atomic E-state index is 5.52. The fourth-order valence-electron chi connectivity index (χ4n) is 9.35. The smallest absolute Gasteiger partial charge is 0.164 e. The minimum absolute atomic E-state index is 0.638. The molecule has 11 aromatic rings. The van der Waals surface area contributed by atoms with Gasteiger partial charge in [-0.25, -0.2) is 19.9 Å². The van der Waals surface area contributed by atoms with Crippen LogP contribution in [0, 0.1) is 0 Å². The first-order valence-electron chi connectivity index (χ1n) is 21.5. The summed E-state index contributed by atoms with van der Waals surface area (Å²) in [5.41, 5.74) is 14.1. The summed E-state index contributed by atoms with van der Waals surface area (Å²) in [4.78, 5) is 21.3. The van der Waals surface area contributed by atoms with Crippen molar-refractivity contribution < 1.29 is 0 Å². The van der Waals surface area contributed by atoms with Gasteiger partial charge in [0.2, 0.25) is 0 Å². The molecule has 12 rings (SSSR count). The van der Waals surface area contributed by atoms with Crippen LogP contribution < -0.4 is 0 Å². The van der Waals surface area contributed by atoms with Crippen molar-refractivity contribution in [2.75, 3.05) is 0 Å². The molecule has 296 valence electrons. The predicted octanol–water partition coefficient (Wildman–Crippen LogP) is 14.6. The predicted molar refractivity (Wildman–Crippen MR) is 260 cm³/mol. The Morgan fingerprint density at radius 1 is 0.349 bits per heavy atom. The van der Waals surface area contributed by atoms with Crippen LogP contribution in [0.2, 0.25) is 0 Å². The van der Waals surface area contributed by atoms with Crippen LogP contribution in [0.4, 0.5) is 0 Å². The highest BCUT2D eigenvalue weighted by Crippen LogP contribution is 2.44. The first-order valence-corrected chi connectivity index (χ1v) is 21.5. The normalized spacial score (nSPS) is 12.8.